The number of amides is 1. The van der Waals surface area contributed by atoms with Crippen LogP contribution in [0, 0.1) is 5.92 Å². The van der Waals surface area contributed by atoms with Gasteiger partial charge in [0.25, 0.3) is 5.91 Å². The molecule has 0 saturated carbocycles. The second-order valence-electron chi connectivity index (χ2n) is 5.99. The molecule has 21 heavy (non-hydrogen) atoms. The third-order valence-corrected chi connectivity index (χ3v) is 3.68. The maximum Gasteiger partial charge on any atom is 0.275 e. The van der Waals surface area contributed by atoms with Gasteiger partial charge in [-0.05, 0) is 23.6 Å². The molecule has 0 aliphatic rings. The predicted molar refractivity (Wildman–Crippen MR) is 87.0 cm³/mol. The van der Waals surface area contributed by atoms with E-state index in [0.717, 1.165) is 6.54 Å². The van der Waals surface area contributed by atoms with Crippen LogP contribution in [0.4, 0.5) is 0 Å². The third kappa shape index (κ3) is 4.30. The maximum atomic E-state index is 11.8. The number of rotatable bonds is 6. The Balaban J connectivity index is 1.99. The molecule has 0 radical (unpaired) electrons. The number of carbonyl (C=O) groups excluding carboxylic acids is 1. The van der Waals surface area contributed by atoms with Crippen molar-refractivity contribution >= 4 is 16.7 Å². The van der Waals surface area contributed by atoms with Gasteiger partial charge < -0.3 is 10.6 Å². The van der Waals surface area contributed by atoms with Gasteiger partial charge in [0.1, 0.15) is 6.04 Å². The van der Waals surface area contributed by atoms with Gasteiger partial charge in [-0.25, -0.2) is 0 Å². The lowest BCUT2D eigenvalue weighted by Gasteiger charge is -2.14. The summed E-state index contributed by atoms with van der Waals surface area (Å²) in [6.07, 6.45) is 0. The van der Waals surface area contributed by atoms with E-state index in [0.29, 0.717) is 12.5 Å². The van der Waals surface area contributed by atoms with Gasteiger partial charge in [-0.1, -0.05) is 56.3 Å². The lowest BCUT2D eigenvalue weighted by atomic mass is 10.00. The zero-order valence-electron chi connectivity index (χ0n) is 13.1. The summed E-state index contributed by atoms with van der Waals surface area (Å²) < 4.78 is 0. The first-order chi connectivity index (χ1) is 10.1. The molecular formula is C18H25N2O+. The van der Waals surface area contributed by atoms with Crippen molar-refractivity contribution in [3.05, 3.63) is 48.0 Å². The van der Waals surface area contributed by atoms with E-state index in [-0.39, 0.29) is 11.9 Å². The van der Waals surface area contributed by atoms with Crippen molar-refractivity contribution in [2.75, 3.05) is 13.1 Å². The van der Waals surface area contributed by atoms with E-state index in [1.807, 2.05) is 0 Å². The van der Waals surface area contributed by atoms with Crippen LogP contribution in [-0.2, 0) is 4.79 Å². The van der Waals surface area contributed by atoms with Crippen molar-refractivity contribution in [1.29, 1.82) is 0 Å². The summed E-state index contributed by atoms with van der Waals surface area (Å²) in [4.78, 5) is 11.8. The van der Waals surface area contributed by atoms with Crippen LogP contribution < -0.4 is 10.6 Å². The van der Waals surface area contributed by atoms with Gasteiger partial charge in [0.2, 0.25) is 0 Å². The number of nitrogens with two attached hydrogens (primary N) is 1. The topological polar surface area (TPSA) is 45.7 Å². The number of quaternary nitrogens is 1. The monoisotopic (exact) mass is 285 g/mol. The minimum absolute atomic E-state index is 0.107. The highest BCUT2D eigenvalue weighted by atomic mass is 16.1. The Bertz CT molecular complexity index is 602. The average molecular weight is 285 g/mol. The van der Waals surface area contributed by atoms with E-state index >= 15 is 0 Å². The lowest BCUT2D eigenvalue weighted by Crippen LogP contribution is -2.87. The molecule has 0 spiro atoms. The molecule has 1 atom stereocenters. The van der Waals surface area contributed by atoms with Gasteiger partial charge in [-0.15, -0.1) is 0 Å². The summed E-state index contributed by atoms with van der Waals surface area (Å²) in [5.41, 5.74) is 1.28. The van der Waals surface area contributed by atoms with Crippen molar-refractivity contribution < 1.29 is 10.1 Å². The molecule has 0 saturated heterocycles. The van der Waals surface area contributed by atoms with Crippen LogP contribution in [0.25, 0.3) is 10.8 Å². The molecule has 1 amide bonds. The fraction of sp³-hybridized carbons (Fsp3) is 0.389. The Morgan fingerprint density at radius 3 is 2.57 bits per heavy atom. The molecular weight excluding hydrogens is 260 g/mol. The molecule has 3 N–H and O–H groups in total. The molecule has 112 valence electrons. The van der Waals surface area contributed by atoms with Gasteiger partial charge in [-0.2, -0.15) is 0 Å². The summed E-state index contributed by atoms with van der Waals surface area (Å²) in [6, 6.07) is 15.0. The van der Waals surface area contributed by atoms with Crippen LogP contribution >= 0.6 is 0 Å². The highest BCUT2D eigenvalue weighted by Gasteiger charge is 2.13. The Labute approximate surface area is 126 Å². The molecule has 0 bridgehead atoms. The summed E-state index contributed by atoms with van der Waals surface area (Å²) in [7, 11) is 0. The number of hydrogen-bond acceptors (Lipinski definition) is 1. The quantitative estimate of drug-likeness (QED) is 0.840. The van der Waals surface area contributed by atoms with Crippen molar-refractivity contribution in [3.63, 3.8) is 0 Å². The number of benzene rings is 2. The van der Waals surface area contributed by atoms with Crippen LogP contribution in [0.2, 0.25) is 0 Å². The molecule has 0 aromatic heterocycles. The number of nitrogens with one attached hydrogen (secondary N) is 1. The zero-order chi connectivity index (χ0) is 15.2. The fourth-order valence-corrected chi connectivity index (χ4v) is 2.45. The summed E-state index contributed by atoms with van der Waals surface area (Å²) in [5.74, 6) is 0.597. The summed E-state index contributed by atoms with van der Waals surface area (Å²) in [6.45, 7) is 7.56. The molecule has 2 aromatic rings. The standard InChI is InChI=1S/C18H24N2O/c1-13(2)11-20-18(21)12-19-14(3)16-10-6-8-15-7-4-5-9-17(15)16/h4-10,13-14,19H,11-12H2,1-3H3,(H,20,21)/p+1/t14-/m1/s1. The lowest BCUT2D eigenvalue weighted by molar-refractivity contribution is -0.682. The van der Waals surface area contributed by atoms with Crippen molar-refractivity contribution in [3.8, 4) is 0 Å². The van der Waals surface area contributed by atoms with Gasteiger partial charge in [-0.3, -0.25) is 4.79 Å². The molecule has 0 aliphatic heterocycles. The first kappa shape index (κ1) is 15.5. The number of fused-ring (bicyclic) bond motifs is 1. The molecule has 2 aromatic carbocycles. The van der Waals surface area contributed by atoms with Crippen molar-refractivity contribution in [2.24, 2.45) is 5.92 Å². The minimum Gasteiger partial charge on any atom is -0.351 e. The zero-order valence-corrected chi connectivity index (χ0v) is 13.1. The van der Waals surface area contributed by atoms with E-state index in [1.54, 1.807) is 0 Å². The minimum atomic E-state index is 0.107. The highest BCUT2D eigenvalue weighted by molar-refractivity contribution is 5.85. The normalized spacial score (nSPS) is 12.6. The smallest absolute Gasteiger partial charge is 0.275 e. The van der Waals surface area contributed by atoms with Gasteiger partial charge >= 0.3 is 0 Å². The van der Waals surface area contributed by atoms with E-state index in [2.05, 4.69) is 73.9 Å². The SMILES string of the molecule is CC(C)CNC(=O)C[NH2+][C@H](C)c1cccc2ccccc12. The largest absolute Gasteiger partial charge is 0.351 e. The van der Waals surface area contributed by atoms with Gasteiger partial charge in [0.05, 0.1) is 0 Å². The van der Waals surface area contributed by atoms with E-state index in [9.17, 15) is 4.79 Å². The van der Waals surface area contributed by atoms with Crippen LogP contribution in [0.15, 0.2) is 42.5 Å². The van der Waals surface area contributed by atoms with Crippen LogP contribution in [0.1, 0.15) is 32.4 Å². The molecule has 0 aliphatic carbocycles. The maximum absolute atomic E-state index is 11.8. The molecule has 0 fully saturated rings. The Morgan fingerprint density at radius 2 is 1.81 bits per heavy atom. The predicted octanol–water partition coefficient (Wildman–Crippen LogP) is 2.24. The van der Waals surface area contributed by atoms with Crippen molar-refractivity contribution in [2.45, 2.75) is 26.8 Å². The molecule has 0 heterocycles. The Kier molecular flexibility index (Phi) is 5.34. The van der Waals surface area contributed by atoms with Crippen LogP contribution in [-0.4, -0.2) is 19.0 Å². The summed E-state index contributed by atoms with van der Waals surface area (Å²) in [5, 5.41) is 7.57. The fourth-order valence-electron chi connectivity index (χ4n) is 2.45. The van der Waals surface area contributed by atoms with Gasteiger partial charge in [0, 0.05) is 12.1 Å². The third-order valence-electron chi connectivity index (χ3n) is 3.68. The van der Waals surface area contributed by atoms with Crippen LogP contribution in [0.5, 0.6) is 0 Å². The second-order valence-corrected chi connectivity index (χ2v) is 5.99. The number of carbonyl (C=O) groups is 1. The molecule has 0 unspecified atom stereocenters. The molecule has 2 rings (SSSR count). The molecule has 3 heteroatoms. The highest BCUT2D eigenvalue weighted by Crippen LogP contribution is 2.21. The number of hydrogen-bond donors (Lipinski definition) is 2. The average Bonchev–Trinajstić information content (AvgIpc) is 2.50. The first-order valence-corrected chi connectivity index (χ1v) is 7.65. The second kappa shape index (κ2) is 7.23. The Hall–Kier alpha value is -1.87. The van der Waals surface area contributed by atoms with Gasteiger partial charge in [0.15, 0.2) is 6.54 Å². The van der Waals surface area contributed by atoms with E-state index in [1.165, 1.54) is 16.3 Å². The van der Waals surface area contributed by atoms with E-state index < -0.39 is 0 Å². The Morgan fingerprint density at radius 1 is 1.10 bits per heavy atom. The van der Waals surface area contributed by atoms with Crippen molar-refractivity contribution in [1.82, 2.24) is 5.32 Å². The summed E-state index contributed by atoms with van der Waals surface area (Å²) >= 11 is 0. The molecule has 3 nitrogen and oxygen atoms in total. The van der Waals surface area contributed by atoms with Crippen LogP contribution in [0.3, 0.4) is 0 Å². The van der Waals surface area contributed by atoms with E-state index in [4.69, 9.17) is 0 Å². The first-order valence-electron chi connectivity index (χ1n) is 7.65.